The molecular formula is C31H26NOP. The van der Waals surface area contributed by atoms with Gasteiger partial charge in [-0.25, -0.2) is 0 Å². The normalized spacial score (nSPS) is 16.9. The Morgan fingerprint density at radius 1 is 0.735 bits per heavy atom. The maximum absolute atomic E-state index is 15.2. The zero-order valence-corrected chi connectivity index (χ0v) is 20.5. The largest absolute Gasteiger partial charge is 0.309 e. The summed E-state index contributed by atoms with van der Waals surface area (Å²) in [7, 11) is -3.08. The average Bonchev–Trinajstić information content (AvgIpc) is 3.13. The third-order valence-electron chi connectivity index (χ3n) is 6.84. The molecule has 0 saturated heterocycles. The van der Waals surface area contributed by atoms with Crippen LogP contribution >= 0.6 is 7.14 Å². The molecule has 1 aliphatic rings. The van der Waals surface area contributed by atoms with E-state index in [9.17, 15) is 0 Å². The molecule has 0 aliphatic carbocycles. The summed E-state index contributed by atoms with van der Waals surface area (Å²) >= 11 is 0. The Balaban J connectivity index is 1.71. The Bertz CT molecular complexity index is 1610. The molecule has 1 atom stereocenters. The van der Waals surface area contributed by atoms with Gasteiger partial charge in [0.25, 0.3) is 0 Å². The van der Waals surface area contributed by atoms with Gasteiger partial charge >= 0.3 is 0 Å². The second kappa shape index (κ2) is 7.52. The number of aromatic nitrogens is 1. The van der Waals surface area contributed by atoms with Crippen molar-refractivity contribution in [3.63, 3.8) is 0 Å². The molecule has 3 heteroatoms. The van der Waals surface area contributed by atoms with Crippen LogP contribution in [0.1, 0.15) is 26.3 Å². The quantitative estimate of drug-likeness (QED) is 0.266. The second-order valence-electron chi connectivity index (χ2n) is 10.0. The van der Waals surface area contributed by atoms with Crippen molar-refractivity contribution in [3.8, 4) is 22.4 Å². The third-order valence-corrected chi connectivity index (χ3v) is 10.0. The number of nitrogens with zero attached hydrogens (tertiary/aromatic N) is 1. The molecule has 0 amide bonds. The molecule has 0 bridgehead atoms. The summed E-state index contributed by atoms with van der Waals surface area (Å²) in [5.41, 5.74) is 5.13. The SMILES string of the molecule is CC(C)(C)c1cc(-c2nccc3c2P(=O)(c2ccccc2)c2ccccc2-3)cc2ccccc12. The molecule has 0 saturated carbocycles. The van der Waals surface area contributed by atoms with Crippen LogP contribution in [-0.4, -0.2) is 4.98 Å². The van der Waals surface area contributed by atoms with E-state index < -0.39 is 7.14 Å². The number of pyridine rings is 1. The second-order valence-corrected chi connectivity index (χ2v) is 12.7. The van der Waals surface area contributed by atoms with Gasteiger partial charge < -0.3 is 4.57 Å². The minimum absolute atomic E-state index is 0.0420. The van der Waals surface area contributed by atoms with Crippen LogP contribution in [0.3, 0.4) is 0 Å². The number of fused-ring (bicyclic) bond motifs is 4. The molecule has 0 radical (unpaired) electrons. The van der Waals surface area contributed by atoms with E-state index >= 15 is 4.57 Å². The standard InChI is InChI=1S/C31H26NOP/c1-31(2,3)27-20-22(19-21-11-7-8-14-24(21)27)29-30-26(17-18-32-29)25-15-9-10-16-28(25)34(30,33)23-12-5-4-6-13-23/h4-20H,1-3H3. The molecule has 166 valence electrons. The lowest BCUT2D eigenvalue weighted by molar-refractivity contribution is 0.593. The number of hydrogen-bond acceptors (Lipinski definition) is 2. The van der Waals surface area contributed by atoms with Gasteiger partial charge in [0, 0.05) is 22.4 Å². The fourth-order valence-corrected chi connectivity index (χ4v) is 8.49. The van der Waals surface area contributed by atoms with Crippen molar-refractivity contribution in [1.82, 2.24) is 4.98 Å². The summed E-state index contributed by atoms with van der Waals surface area (Å²) < 4.78 is 15.2. The highest BCUT2D eigenvalue weighted by atomic mass is 31.2. The Labute approximate surface area is 200 Å². The van der Waals surface area contributed by atoms with E-state index in [1.54, 1.807) is 0 Å². The molecule has 2 nitrogen and oxygen atoms in total. The zero-order valence-electron chi connectivity index (χ0n) is 19.6. The summed E-state index contributed by atoms with van der Waals surface area (Å²) in [6.45, 7) is 6.73. The van der Waals surface area contributed by atoms with E-state index in [0.29, 0.717) is 0 Å². The van der Waals surface area contributed by atoms with Crippen molar-refractivity contribution in [1.29, 1.82) is 0 Å². The molecule has 1 aliphatic heterocycles. The van der Waals surface area contributed by atoms with E-state index in [2.05, 4.69) is 63.2 Å². The van der Waals surface area contributed by atoms with Crippen molar-refractivity contribution >= 4 is 33.8 Å². The lowest BCUT2D eigenvalue weighted by Crippen LogP contribution is -2.23. The maximum atomic E-state index is 15.2. The van der Waals surface area contributed by atoms with Gasteiger partial charge in [0.05, 0.1) is 11.0 Å². The first-order valence-corrected chi connectivity index (χ1v) is 13.4. The van der Waals surface area contributed by atoms with Gasteiger partial charge in [-0.2, -0.15) is 0 Å². The van der Waals surface area contributed by atoms with Gasteiger partial charge in [0.1, 0.15) is 0 Å². The monoisotopic (exact) mass is 459 g/mol. The first-order valence-electron chi connectivity index (χ1n) is 11.7. The van der Waals surface area contributed by atoms with Gasteiger partial charge in [0.2, 0.25) is 0 Å². The summed E-state index contributed by atoms with van der Waals surface area (Å²) in [6, 6.07) is 33.0. The minimum Gasteiger partial charge on any atom is -0.309 e. The van der Waals surface area contributed by atoms with Gasteiger partial charge in [-0.05, 0) is 51.1 Å². The Morgan fingerprint density at radius 2 is 1.44 bits per heavy atom. The fraction of sp³-hybridized carbons (Fsp3) is 0.129. The van der Waals surface area contributed by atoms with Gasteiger partial charge in [-0.1, -0.05) is 99.6 Å². The predicted molar refractivity (Wildman–Crippen MR) is 144 cm³/mol. The van der Waals surface area contributed by atoms with Crippen molar-refractivity contribution in [2.24, 2.45) is 0 Å². The van der Waals surface area contributed by atoms with Crippen LogP contribution in [0.15, 0.2) is 103 Å². The highest BCUT2D eigenvalue weighted by Gasteiger charge is 2.42. The zero-order chi connectivity index (χ0) is 23.5. The highest BCUT2D eigenvalue weighted by Crippen LogP contribution is 2.54. The van der Waals surface area contributed by atoms with Crippen LogP contribution in [0.2, 0.25) is 0 Å². The Kier molecular flexibility index (Phi) is 4.66. The molecule has 1 aromatic heterocycles. The molecular weight excluding hydrogens is 433 g/mol. The molecule has 6 rings (SSSR count). The topological polar surface area (TPSA) is 30.0 Å². The first kappa shape index (κ1) is 21.1. The Morgan fingerprint density at radius 3 is 2.24 bits per heavy atom. The highest BCUT2D eigenvalue weighted by molar-refractivity contribution is 7.86. The molecule has 5 aromatic rings. The summed E-state index contributed by atoms with van der Waals surface area (Å²) in [6.07, 6.45) is 1.86. The molecule has 0 fully saturated rings. The fourth-order valence-electron chi connectivity index (χ4n) is 5.27. The maximum Gasteiger partial charge on any atom is 0.174 e. The smallest absolute Gasteiger partial charge is 0.174 e. The Hall–Kier alpha value is -3.48. The predicted octanol–water partition coefficient (Wildman–Crippen LogP) is 6.82. The summed E-state index contributed by atoms with van der Waals surface area (Å²) in [4.78, 5) is 4.88. The molecule has 0 spiro atoms. The van der Waals surface area contributed by atoms with E-state index in [0.717, 1.165) is 38.3 Å². The molecule has 34 heavy (non-hydrogen) atoms. The van der Waals surface area contributed by atoms with E-state index in [1.807, 2.05) is 60.8 Å². The van der Waals surface area contributed by atoms with Gasteiger partial charge in [-0.3, -0.25) is 4.98 Å². The molecule has 1 unspecified atom stereocenters. The van der Waals surface area contributed by atoms with Crippen LogP contribution in [-0.2, 0) is 9.98 Å². The van der Waals surface area contributed by atoms with Crippen molar-refractivity contribution < 1.29 is 4.57 Å². The van der Waals surface area contributed by atoms with E-state index in [-0.39, 0.29) is 5.41 Å². The lowest BCUT2D eigenvalue weighted by Gasteiger charge is -2.24. The lowest BCUT2D eigenvalue weighted by atomic mass is 9.82. The van der Waals surface area contributed by atoms with Crippen molar-refractivity contribution in [2.45, 2.75) is 26.2 Å². The number of hydrogen-bond donors (Lipinski definition) is 0. The molecule has 2 heterocycles. The van der Waals surface area contributed by atoms with E-state index in [1.165, 1.54) is 16.3 Å². The van der Waals surface area contributed by atoms with Crippen LogP contribution < -0.4 is 15.9 Å². The van der Waals surface area contributed by atoms with Gasteiger partial charge in [-0.15, -0.1) is 0 Å². The first-order chi connectivity index (χ1) is 16.4. The van der Waals surface area contributed by atoms with Gasteiger partial charge in [0.15, 0.2) is 7.14 Å². The average molecular weight is 460 g/mol. The summed E-state index contributed by atoms with van der Waals surface area (Å²) in [5, 5.41) is 5.04. The molecule has 0 N–H and O–H groups in total. The van der Waals surface area contributed by atoms with Crippen LogP contribution in [0.25, 0.3) is 33.2 Å². The number of benzene rings is 4. The summed E-state index contributed by atoms with van der Waals surface area (Å²) in [5.74, 6) is 0. The molecule has 4 aromatic carbocycles. The third kappa shape index (κ3) is 3.02. The minimum atomic E-state index is -3.08. The van der Waals surface area contributed by atoms with Crippen LogP contribution in [0, 0.1) is 0 Å². The van der Waals surface area contributed by atoms with Crippen molar-refractivity contribution in [3.05, 3.63) is 109 Å². The van der Waals surface area contributed by atoms with E-state index in [4.69, 9.17) is 4.98 Å². The van der Waals surface area contributed by atoms with Crippen LogP contribution in [0.4, 0.5) is 0 Å². The van der Waals surface area contributed by atoms with Crippen LogP contribution in [0.5, 0.6) is 0 Å². The van der Waals surface area contributed by atoms with Crippen molar-refractivity contribution in [2.75, 3.05) is 0 Å². The number of rotatable bonds is 2.